The third kappa shape index (κ3) is 3.44. The Hall–Kier alpha value is -1.62. The number of hydrogen-bond donors (Lipinski definition) is 1. The molecular weight excluding hydrogens is 238 g/mol. The van der Waals surface area contributed by atoms with Gasteiger partial charge in [-0.25, -0.2) is 4.98 Å². The summed E-state index contributed by atoms with van der Waals surface area (Å²) in [6.07, 6.45) is 6.88. The fourth-order valence-electron chi connectivity index (χ4n) is 2.14. The van der Waals surface area contributed by atoms with E-state index >= 15 is 0 Å². The molecule has 0 saturated carbocycles. The normalized spacial score (nSPS) is 11.4. The first-order chi connectivity index (χ1) is 9.10. The van der Waals surface area contributed by atoms with Gasteiger partial charge in [0.15, 0.2) is 0 Å². The van der Waals surface area contributed by atoms with Gasteiger partial charge in [-0.3, -0.25) is 4.68 Å². The Labute approximate surface area is 114 Å². The lowest BCUT2D eigenvalue weighted by molar-refractivity contribution is 0.564. The van der Waals surface area contributed by atoms with Gasteiger partial charge in [0.05, 0.1) is 24.3 Å². The van der Waals surface area contributed by atoms with Crippen molar-refractivity contribution in [1.29, 1.82) is 0 Å². The summed E-state index contributed by atoms with van der Waals surface area (Å²) in [5, 5.41) is 7.91. The lowest BCUT2D eigenvalue weighted by Gasteiger charge is -2.11. The molecule has 0 aliphatic rings. The summed E-state index contributed by atoms with van der Waals surface area (Å²) in [4.78, 5) is 4.25. The van der Waals surface area contributed by atoms with E-state index < -0.39 is 0 Å². The minimum absolute atomic E-state index is 0.480. The third-order valence-electron chi connectivity index (χ3n) is 3.16. The van der Waals surface area contributed by atoms with Crippen LogP contribution >= 0.6 is 0 Å². The van der Waals surface area contributed by atoms with E-state index in [0.29, 0.717) is 6.04 Å². The Morgan fingerprint density at radius 3 is 2.84 bits per heavy atom. The first-order valence-electron chi connectivity index (χ1n) is 6.84. The van der Waals surface area contributed by atoms with Gasteiger partial charge >= 0.3 is 0 Å². The highest BCUT2D eigenvalue weighted by molar-refractivity contribution is 5.18. The van der Waals surface area contributed by atoms with Crippen molar-refractivity contribution in [2.45, 2.75) is 46.3 Å². The van der Waals surface area contributed by atoms with Crippen LogP contribution in [0, 0.1) is 0 Å². The van der Waals surface area contributed by atoms with Crippen molar-refractivity contribution >= 4 is 0 Å². The molecule has 0 radical (unpaired) electrons. The highest BCUT2D eigenvalue weighted by atomic mass is 15.3. The summed E-state index contributed by atoms with van der Waals surface area (Å²) >= 11 is 0. The molecule has 2 aromatic rings. The monoisotopic (exact) mass is 261 g/mol. The molecule has 2 aromatic heterocycles. The Balaban J connectivity index is 2.12. The zero-order valence-electron chi connectivity index (χ0n) is 12.2. The minimum atomic E-state index is 0.480. The average Bonchev–Trinajstić information content (AvgIpc) is 2.93. The maximum absolute atomic E-state index is 4.48. The van der Waals surface area contributed by atoms with Crippen LogP contribution in [0.1, 0.15) is 37.7 Å². The number of hydrogen-bond acceptors (Lipinski definition) is 3. The Morgan fingerprint density at radius 1 is 1.37 bits per heavy atom. The lowest BCUT2D eigenvalue weighted by Crippen LogP contribution is -2.23. The number of nitrogens with zero attached hydrogens (tertiary/aromatic N) is 4. The van der Waals surface area contributed by atoms with Gasteiger partial charge in [0.25, 0.3) is 0 Å². The number of nitrogens with one attached hydrogen (secondary N) is 1. The fourth-order valence-corrected chi connectivity index (χ4v) is 2.14. The van der Waals surface area contributed by atoms with Crippen LogP contribution in [0.3, 0.4) is 0 Å². The van der Waals surface area contributed by atoms with Crippen molar-refractivity contribution in [3.05, 3.63) is 35.7 Å². The van der Waals surface area contributed by atoms with E-state index in [2.05, 4.69) is 46.9 Å². The molecule has 0 atom stereocenters. The molecule has 0 unspecified atom stereocenters. The van der Waals surface area contributed by atoms with Crippen molar-refractivity contribution in [3.8, 4) is 0 Å². The summed E-state index contributed by atoms with van der Waals surface area (Å²) in [6, 6.07) is 0.480. The number of imidazole rings is 1. The molecule has 0 saturated heterocycles. The second kappa shape index (κ2) is 6.02. The van der Waals surface area contributed by atoms with Crippen molar-refractivity contribution in [3.63, 3.8) is 0 Å². The summed E-state index contributed by atoms with van der Waals surface area (Å²) in [7, 11) is 1.97. The van der Waals surface area contributed by atoms with Gasteiger partial charge in [-0.2, -0.15) is 5.10 Å². The largest absolute Gasteiger partial charge is 0.329 e. The van der Waals surface area contributed by atoms with Gasteiger partial charge < -0.3 is 9.88 Å². The van der Waals surface area contributed by atoms with Gasteiger partial charge in [-0.15, -0.1) is 0 Å². The lowest BCUT2D eigenvalue weighted by atomic mass is 10.2. The van der Waals surface area contributed by atoms with E-state index in [9.17, 15) is 0 Å². The molecule has 0 fully saturated rings. The topological polar surface area (TPSA) is 47.7 Å². The molecule has 0 aliphatic carbocycles. The van der Waals surface area contributed by atoms with Crippen LogP contribution in [0.2, 0.25) is 0 Å². The Morgan fingerprint density at radius 2 is 2.16 bits per heavy atom. The van der Waals surface area contributed by atoms with Crippen LogP contribution in [-0.4, -0.2) is 25.4 Å². The van der Waals surface area contributed by atoms with E-state index in [-0.39, 0.29) is 0 Å². The maximum Gasteiger partial charge on any atom is 0.0951 e. The van der Waals surface area contributed by atoms with Crippen molar-refractivity contribution < 1.29 is 0 Å². The van der Waals surface area contributed by atoms with Gasteiger partial charge in [0, 0.05) is 37.6 Å². The summed E-state index contributed by atoms with van der Waals surface area (Å²) in [5.74, 6) is 0. The molecule has 1 N–H and O–H groups in total. The highest BCUT2D eigenvalue weighted by Crippen LogP contribution is 2.11. The highest BCUT2D eigenvalue weighted by Gasteiger charge is 2.09. The van der Waals surface area contributed by atoms with E-state index in [1.54, 1.807) is 0 Å². The van der Waals surface area contributed by atoms with Gasteiger partial charge in [-0.05, 0) is 6.42 Å². The molecule has 19 heavy (non-hydrogen) atoms. The minimum Gasteiger partial charge on any atom is -0.329 e. The predicted molar refractivity (Wildman–Crippen MR) is 75.9 cm³/mol. The second-order valence-corrected chi connectivity index (χ2v) is 5.18. The summed E-state index contributed by atoms with van der Waals surface area (Å²) in [6.45, 7) is 8.13. The second-order valence-electron chi connectivity index (χ2n) is 5.18. The van der Waals surface area contributed by atoms with Crippen LogP contribution < -0.4 is 5.32 Å². The van der Waals surface area contributed by atoms with Crippen LogP contribution in [-0.2, 0) is 26.6 Å². The zero-order chi connectivity index (χ0) is 13.8. The Bertz CT molecular complexity index is 524. The van der Waals surface area contributed by atoms with Crippen LogP contribution in [0.5, 0.6) is 0 Å². The van der Waals surface area contributed by atoms with Gasteiger partial charge in [0.1, 0.15) is 0 Å². The van der Waals surface area contributed by atoms with E-state index in [1.807, 2.05) is 24.3 Å². The molecule has 5 heteroatoms. The first-order valence-corrected chi connectivity index (χ1v) is 6.84. The summed E-state index contributed by atoms with van der Waals surface area (Å²) in [5.41, 5.74) is 3.65. The Kier molecular flexibility index (Phi) is 4.37. The van der Waals surface area contributed by atoms with Gasteiger partial charge in [0.2, 0.25) is 0 Å². The zero-order valence-corrected chi connectivity index (χ0v) is 12.2. The smallest absolute Gasteiger partial charge is 0.0951 e. The molecule has 0 aliphatic heterocycles. The van der Waals surface area contributed by atoms with E-state index in [0.717, 1.165) is 19.5 Å². The van der Waals surface area contributed by atoms with E-state index in [4.69, 9.17) is 0 Å². The van der Waals surface area contributed by atoms with Crippen LogP contribution in [0.4, 0.5) is 0 Å². The van der Waals surface area contributed by atoms with Gasteiger partial charge in [-0.1, -0.05) is 20.8 Å². The molecule has 0 bridgehead atoms. The molecule has 0 spiro atoms. The molecule has 104 valence electrons. The molecular formula is C14H23N5. The van der Waals surface area contributed by atoms with Crippen LogP contribution in [0.25, 0.3) is 0 Å². The van der Waals surface area contributed by atoms with Crippen LogP contribution in [0.15, 0.2) is 18.7 Å². The molecule has 2 heterocycles. The van der Waals surface area contributed by atoms with E-state index in [1.165, 1.54) is 17.0 Å². The number of aromatic nitrogens is 4. The quantitative estimate of drug-likeness (QED) is 0.861. The predicted octanol–water partition coefficient (Wildman–Crippen LogP) is 1.73. The summed E-state index contributed by atoms with van der Waals surface area (Å²) < 4.78 is 4.07. The SMILES string of the molecule is CCc1nn(C)cc1Cn1cncc1CNC(C)C. The third-order valence-corrected chi connectivity index (χ3v) is 3.16. The first kappa shape index (κ1) is 13.8. The van der Waals surface area contributed by atoms with Crippen molar-refractivity contribution in [2.75, 3.05) is 0 Å². The number of aryl methyl sites for hydroxylation is 2. The van der Waals surface area contributed by atoms with Crippen molar-refractivity contribution in [1.82, 2.24) is 24.6 Å². The molecule has 5 nitrogen and oxygen atoms in total. The maximum atomic E-state index is 4.48. The van der Waals surface area contributed by atoms with Crippen molar-refractivity contribution in [2.24, 2.45) is 7.05 Å². The standard InChI is InChI=1S/C14H23N5/c1-5-14-12(8-18(4)17-14)9-19-10-15-6-13(19)7-16-11(2)3/h6,8,10-11,16H,5,7,9H2,1-4H3. The molecule has 0 amide bonds. The molecule has 2 rings (SSSR count). The molecule has 0 aromatic carbocycles. The fraction of sp³-hybridized carbons (Fsp3) is 0.571. The average molecular weight is 261 g/mol. The number of rotatable bonds is 6.